The van der Waals surface area contributed by atoms with Gasteiger partial charge < -0.3 is 10.6 Å². The number of fused-ring (bicyclic) bond motifs is 1. The maximum Gasteiger partial charge on any atom is 0.112 e. The molecule has 3 aliphatic rings. The first-order valence-electron chi connectivity index (χ1n) is 8.34. The molecule has 1 aliphatic carbocycles. The minimum Gasteiger partial charge on any atom is -0.375 e. The molecule has 1 aromatic heterocycles. The molecule has 0 radical (unpaired) electrons. The second kappa shape index (κ2) is 5.64. The molecule has 3 heterocycles. The highest BCUT2D eigenvalue weighted by Crippen LogP contribution is 2.40. The molecular formula is C16H25N3S. The molecule has 0 spiro atoms. The van der Waals surface area contributed by atoms with Crippen LogP contribution in [0.25, 0.3) is 0 Å². The van der Waals surface area contributed by atoms with E-state index < -0.39 is 0 Å². The van der Waals surface area contributed by atoms with E-state index in [0.717, 1.165) is 24.9 Å². The summed E-state index contributed by atoms with van der Waals surface area (Å²) in [5.74, 6) is 2.60. The van der Waals surface area contributed by atoms with Crippen LogP contribution in [0.4, 0.5) is 5.00 Å². The van der Waals surface area contributed by atoms with Gasteiger partial charge in [-0.15, -0.1) is 11.3 Å². The number of hydrogen-bond acceptors (Lipinski definition) is 4. The molecular weight excluding hydrogens is 266 g/mol. The van der Waals surface area contributed by atoms with Gasteiger partial charge in [0, 0.05) is 12.5 Å². The zero-order chi connectivity index (χ0) is 13.4. The van der Waals surface area contributed by atoms with Gasteiger partial charge in [-0.25, -0.2) is 4.98 Å². The van der Waals surface area contributed by atoms with E-state index >= 15 is 0 Å². The van der Waals surface area contributed by atoms with Crippen molar-refractivity contribution in [2.45, 2.75) is 50.9 Å². The van der Waals surface area contributed by atoms with Gasteiger partial charge in [0.25, 0.3) is 0 Å². The Hall–Kier alpha value is -0.610. The molecule has 1 aromatic rings. The van der Waals surface area contributed by atoms with Gasteiger partial charge in [0.05, 0.1) is 10.7 Å². The fourth-order valence-electron chi connectivity index (χ4n) is 3.88. The highest BCUT2D eigenvalue weighted by atomic mass is 32.1. The topological polar surface area (TPSA) is 37.0 Å². The fraction of sp³-hybridized carbons (Fsp3) is 0.812. The van der Waals surface area contributed by atoms with Crippen molar-refractivity contribution in [3.63, 3.8) is 0 Å². The Bertz CT molecular complexity index is 435. The molecule has 2 N–H and O–H groups in total. The maximum atomic E-state index is 5.00. The number of hydrogen-bond donors (Lipinski definition) is 2. The highest BCUT2D eigenvalue weighted by Gasteiger charge is 2.30. The van der Waals surface area contributed by atoms with Gasteiger partial charge in [0.1, 0.15) is 5.00 Å². The van der Waals surface area contributed by atoms with Gasteiger partial charge in [-0.1, -0.05) is 19.3 Å². The van der Waals surface area contributed by atoms with Crippen LogP contribution < -0.4 is 10.6 Å². The quantitative estimate of drug-likeness (QED) is 0.877. The van der Waals surface area contributed by atoms with E-state index in [1.807, 2.05) is 11.3 Å². The Morgan fingerprint density at radius 2 is 1.85 bits per heavy atom. The smallest absolute Gasteiger partial charge is 0.112 e. The minimum atomic E-state index is 0.706. The third kappa shape index (κ3) is 2.48. The first kappa shape index (κ1) is 13.1. The summed E-state index contributed by atoms with van der Waals surface area (Å²) in [4.78, 5) is 5.00. The van der Waals surface area contributed by atoms with Gasteiger partial charge in [0.15, 0.2) is 0 Å². The highest BCUT2D eigenvalue weighted by molar-refractivity contribution is 7.16. The monoisotopic (exact) mass is 291 g/mol. The average molecular weight is 291 g/mol. The molecule has 3 nitrogen and oxygen atoms in total. The largest absolute Gasteiger partial charge is 0.375 e. The van der Waals surface area contributed by atoms with E-state index in [2.05, 4.69) is 10.6 Å². The van der Waals surface area contributed by atoms with Crippen molar-refractivity contribution in [3.05, 3.63) is 10.7 Å². The van der Waals surface area contributed by atoms with Gasteiger partial charge >= 0.3 is 0 Å². The van der Waals surface area contributed by atoms with Gasteiger partial charge in [0.2, 0.25) is 0 Å². The van der Waals surface area contributed by atoms with Crippen molar-refractivity contribution in [1.82, 2.24) is 10.3 Å². The first-order valence-corrected chi connectivity index (χ1v) is 9.16. The van der Waals surface area contributed by atoms with Crippen LogP contribution in [-0.4, -0.2) is 24.6 Å². The van der Waals surface area contributed by atoms with Gasteiger partial charge in [-0.05, 0) is 50.6 Å². The maximum absolute atomic E-state index is 5.00. The standard InChI is InChI=1S/C16H25N3S/c1-2-11(3-1)13-4-5-14-16(18-10-13)20-15(19-14)12-6-8-17-9-7-12/h11-13,17-18H,1-10H2. The third-order valence-electron chi connectivity index (χ3n) is 5.50. The molecule has 110 valence electrons. The van der Waals surface area contributed by atoms with Crippen molar-refractivity contribution < 1.29 is 0 Å². The zero-order valence-electron chi connectivity index (χ0n) is 12.2. The predicted molar refractivity (Wildman–Crippen MR) is 84.6 cm³/mol. The number of thiazole rings is 1. The SMILES string of the molecule is C1CC(C2CCc3nc(C4CCNCC4)sc3NC2)C1. The van der Waals surface area contributed by atoms with E-state index in [4.69, 9.17) is 4.98 Å². The molecule has 20 heavy (non-hydrogen) atoms. The lowest BCUT2D eigenvalue weighted by molar-refractivity contribution is 0.206. The molecule has 4 rings (SSSR count). The van der Waals surface area contributed by atoms with E-state index in [9.17, 15) is 0 Å². The normalized spacial score (nSPS) is 28.3. The van der Waals surface area contributed by atoms with Crippen molar-refractivity contribution in [2.75, 3.05) is 25.0 Å². The van der Waals surface area contributed by atoms with Gasteiger partial charge in [-0.3, -0.25) is 0 Å². The lowest BCUT2D eigenvalue weighted by Crippen LogP contribution is -2.27. The number of aryl methyl sites for hydroxylation is 1. The summed E-state index contributed by atoms with van der Waals surface area (Å²) in [5, 5.41) is 9.96. The molecule has 1 atom stereocenters. The summed E-state index contributed by atoms with van der Waals surface area (Å²) in [5.41, 5.74) is 1.37. The third-order valence-corrected chi connectivity index (χ3v) is 6.71. The van der Waals surface area contributed by atoms with E-state index in [1.165, 1.54) is 67.2 Å². The number of rotatable bonds is 2. The first-order chi connectivity index (χ1) is 9.90. The molecule has 2 fully saturated rings. The van der Waals surface area contributed by atoms with Crippen LogP contribution in [0.5, 0.6) is 0 Å². The molecule has 0 bridgehead atoms. The van der Waals surface area contributed by atoms with Crippen molar-refractivity contribution in [3.8, 4) is 0 Å². The van der Waals surface area contributed by atoms with Crippen LogP contribution >= 0.6 is 11.3 Å². The Labute approximate surface area is 125 Å². The predicted octanol–water partition coefficient (Wildman–Crippen LogP) is 3.38. The lowest BCUT2D eigenvalue weighted by Gasteiger charge is -2.33. The zero-order valence-corrected chi connectivity index (χ0v) is 13.0. The van der Waals surface area contributed by atoms with Crippen molar-refractivity contribution in [2.24, 2.45) is 11.8 Å². The summed E-state index contributed by atoms with van der Waals surface area (Å²) < 4.78 is 0. The van der Waals surface area contributed by atoms with Gasteiger partial charge in [-0.2, -0.15) is 0 Å². The summed E-state index contributed by atoms with van der Waals surface area (Å²) >= 11 is 1.94. The average Bonchev–Trinajstić information content (AvgIpc) is 2.75. The number of aromatic nitrogens is 1. The second-order valence-corrected chi connectivity index (χ2v) is 7.75. The lowest BCUT2D eigenvalue weighted by atomic mass is 9.74. The van der Waals surface area contributed by atoms with Crippen molar-refractivity contribution >= 4 is 16.3 Å². The Kier molecular flexibility index (Phi) is 3.69. The second-order valence-electron chi connectivity index (χ2n) is 6.72. The molecule has 2 aliphatic heterocycles. The number of anilines is 1. The Morgan fingerprint density at radius 1 is 1.00 bits per heavy atom. The van der Waals surface area contributed by atoms with Crippen molar-refractivity contribution in [1.29, 1.82) is 0 Å². The summed E-state index contributed by atoms with van der Waals surface area (Å²) in [7, 11) is 0. The number of nitrogens with one attached hydrogen (secondary N) is 2. The molecule has 4 heteroatoms. The van der Waals surface area contributed by atoms with Crippen LogP contribution in [0.1, 0.15) is 55.1 Å². The van der Waals surface area contributed by atoms with Crippen LogP contribution in [0, 0.1) is 11.8 Å². The summed E-state index contributed by atoms with van der Waals surface area (Å²) in [6.07, 6.45) is 9.46. The summed E-state index contributed by atoms with van der Waals surface area (Å²) in [6.45, 7) is 3.50. The van der Waals surface area contributed by atoms with E-state index in [-0.39, 0.29) is 0 Å². The molecule has 1 saturated heterocycles. The molecule has 1 unspecified atom stereocenters. The summed E-state index contributed by atoms with van der Waals surface area (Å²) in [6, 6.07) is 0. The molecule has 0 aromatic carbocycles. The van der Waals surface area contributed by atoms with E-state index in [1.54, 1.807) is 0 Å². The Morgan fingerprint density at radius 3 is 2.60 bits per heavy atom. The van der Waals surface area contributed by atoms with Crippen LogP contribution in [0.15, 0.2) is 0 Å². The number of nitrogens with zero attached hydrogens (tertiary/aromatic N) is 1. The Balaban J connectivity index is 1.45. The minimum absolute atomic E-state index is 0.706. The number of piperidine rings is 1. The molecule has 1 saturated carbocycles. The fourth-order valence-corrected chi connectivity index (χ4v) is 5.07. The van der Waals surface area contributed by atoms with Crippen LogP contribution in [0.3, 0.4) is 0 Å². The van der Waals surface area contributed by atoms with Crippen LogP contribution in [0.2, 0.25) is 0 Å². The van der Waals surface area contributed by atoms with E-state index in [0.29, 0.717) is 5.92 Å². The molecule has 0 amide bonds. The van der Waals surface area contributed by atoms with Crippen LogP contribution in [-0.2, 0) is 6.42 Å².